The SMILES string of the molecule is CC[PH+](CC)CC.CC[PH+](CC)CC.CC[PH+](CC)CC.[Cl][Rh]([Cl])[Cl]. The van der Waals surface area contributed by atoms with Crippen molar-refractivity contribution >= 4 is 52.8 Å². The number of halogens is 3. The zero-order valence-electron chi connectivity index (χ0n) is 18.3. The fourth-order valence-electron chi connectivity index (χ4n) is 2.25. The Balaban J connectivity index is -0.000000120. The fraction of sp³-hybridized carbons (Fsp3) is 1.00. The van der Waals surface area contributed by atoms with Crippen molar-refractivity contribution in [2.75, 3.05) is 55.5 Å². The first-order valence-corrected chi connectivity index (χ1v) is 22.6. The van der Waals surface area contributed by atoms with Crippen LogP contribution in [0, 0.1) is 0 Å². The van der Waals surface area contributed by atoms with Gasteiger partial charge in [-0.3, -0.25) is 0 Å². The third-order valence-corrected chi connectivity index (χ3v) is 13.5. The molecule has 0 bridgehead atoms. The molecule has 0 aliphatic rings. The average molecular weight is 567 g/mol. The summed E-state index contributed by atoms with van der Waals surface area (Å²) in [6.07, 6.45) is 13.1. The van der Waals surface area contributed by atoms with Crippen LogP contribution in [0.25, 0.3) is 0 Å². The Labute approximate surface area is 182 Å². The van der Waals surface area contributed by atoms with E-state index < -0.39 is 13.0 Å². The van der Waals surface area contributed by atoms with Crippen molar-refractivity contribution in [2.45, 2.75) is 62.3 Å². The van der Waals surface area contributed by atoms with Crippen LogP contribution in [0.15, 0.2) is 0 Å². The molecule has 0 radical (unpaired) electrons. The van der Waals surface area contributed by atoms with Crippen LogP contribution in [0.1, 0.15) is 62.3 Å². The van der Waals surface area contributed by atoms with Gasteiger partial charge in [0.05, 0.1) is 55.5 Å². The van der Waals surface area contributed by atoms with Crippen LogP contribution in [0.3, 0.4) is 0 Å². The summed E-state index contributed by atoms with van der Waals surface area (Å²) in [6.45, 7) is 20.8. The fourth-order valence-corrected chi connectivity index (χ4v) is 6.75. The predicted molar refractivity (Wildman–Crippen MR) is 137 cm³/mol. The van der Waals surface area contributed by atoms with Gasteiger partial charge in [-0.2, -0.15) is 0 Å². The van der Waals surface area contributed by atoms with E-state index in [4.69, 9.17) is 29.1 Å². The minimum absolute atomic E-state index is 0.137. The molecule has 0 rings (SSSR count). The molecule has 25 heavy (non-hydrogen) atoms. The molecule has 0 N–H and O–H groups in total. The monoisotopic (exact) mass is 565 g/mol. The molecule has 0 nitrogen and oxygen atoms in total. The molecule has 0 aromatic rings. The molecule has 0 atom stereocenters. The van der Waals surface area contributed by atoms with Crippen LogP contribution < -0.4 is 0 Å². The van der Waals surface area contributed by atoms with Crippen LogP contribution in [-0.4, -0.2) is 55.5 Å². The summed E-state index contributed by atoms with van der Waals surface area (Å²) in [5, 5.41) is 0. The van der Waals surface area contributed by atoms with Gasteiger partial charge in [-0.15, -0.1) is 0 Å². The van der Waals surface area contributed by atoms with E-state index in [1.54, 1.807) is 0 Å². The van der Waals surface area contributed by atoms with Crippen molar-refractivity contribution in [3.05, 3.63) is 0 Å². The van der Waals surface area contributed by atoms with E-state index in [9.17, 15) is 0 Å². The molecule has 0 fully saturated rings. The standard InChI is InChI=1S/3C6H15P.3ClH.Rh/c3*1-4-7(5-2)6-3;;;;/h3*4-6H2,1-3H3;3*1H;/q;;;;;;+3. The van der Waals surface area contributed by atoms with Gasteiger partial charge >= 0.3 is 42.1 Å². The topological polar surface area (TPSA) is 0 Å². The van der Waals surface area contributed by atoms with E-state index in [2.05, 4.69) is 62.3 Å². The van der Waals surface area contributed by atoms with Gasteiger partial charge in [0.15, 0.2) is 0 Å². The molecule has 0 aromatic carbocycles. The molecule has 0 aromatic heterocycles. The maximum absolute atomic E-state index is 4.94. The Bertz CT molecular complexity index is 154. The second-order valence-electron chi connectivity index (χ2n) is 5.57. The van der Waals surface area contributed by atoms with Crippen LogP contribution >= 0.6 is 52.8 Å². The molecular formula is C18H48Cl3P3Rh+3. The first-order valence-electron chi connectivity index (χ1n) is 9.92. The summed E-state index contributed by atoms with van der Waals surface area (Å²) in [6, 6.07) is 0. The Kier molecular flexibility index (Phi) is 44.4. The van der Waals surface area contributed by atoms with E-state index in [0.717, 1.165) is 0 Å². The van der Waals surface area contributed by atoms with Crippen molar-refractivity contribution in [1.82, 2.24) is 0 Å². The van der Waals surface area contributed by atoms with E-state index in [-0.39, 0.29) is 23.8 Å². The molecule has 0 saturated carbocycles. The van der Waals surface area contributed by atoms with E-state index in [1.807, 2.05) is 0 Å². The number of hydrogen-bond acceptors (Lipinski definition) is 0. The predicted octanol–water partition coefficient (Wildman–Crippen LogP) is 8.85. The number of rotatable bonds is 9. The third-order valence-electron chi connectivity index (χ3n) is 4.50. The molecule has 7 heteroatoms. The zero-order valence-corrected chi connectivity index (χ0v) is 25.2. The summed E-state index contributed by atoms with van der Waals surface area (Å²) in [7, 11) is 15.2. The Hall–Kier alpha value is 2.78. The first-order chi connectivity index (χ1) is 11.8. The van der Waals surface area contributed by atoms with Crippen LogP contribution in [0.2, 0.25) is 0 Å². The third kappa shape index (κ3) is 38.1. The molecule has 0 heterocycles. The van der Waals surface area contributed by atoms with Gasteiger partial charge in [-0.25, -0.2) is 0 Å². The van der Waals surface area contributed by atoms with Crippen LogP contribution in [0.4, 0.5) is 0 Å². The van der Waals surface area contributed by atoms with Crippen molar-refractivity contribution in [1.29, 1.82) is 0 Å². The molecule has 162 valence electrons. The van der Waals surface area contributed by atoms with Crippen molar-refractivity contribution in [3.8, 4) is 0 Å². The number of hydrogen-bond donors (Lipinski definition) is 0. The van der Waals surface area contributed by atoms with Gasteiger partial charge in [-0.05, 0) is 86.1 Å². The minimum atomic E-state index is -1.66. The Morgan fingerprint density at radius 1 is 0.400 bits per heavy atom. The summed E-state index contributed by atoms with van der Waals surface area (Å²) in [4.78, 5) is 0. The quantitative estimate of drug-likeness (QED) is 0.193. The summed E-state index contributed by atoms with van der Waals surface area (Å²) >= 11 is -1.66. The summed E-state index contributed by atoms with van der Waals surface area (Å²) in [5.74, 6) is 0. The van der Waals surface area contributed by atoms with Crippen molar-refractivity contribution in [3.63, 3.8) is 0 Å². The zero-order chi connectivity index (χ0) is 20.7. The molecular weight excluding hydrogens is 518 g/mol. The van der Waals surface area contributed by atoms with Gasteiger partial charge in [0.1, 0.15) is 0 Å². The second-order valence-corrected chi connectivity index (χ2v) is 23.9. The molecule has 0 spiro atoms. The van der Waals surface area contributed by atoms with E-state index in [0.29, 0.717) is 0 Å². The molecule has 0 aliphatic heterocycles. The van der Waals surface area contributed by atoms with Crippen molar-refractivity contribution < 1.29 is 13.0 Å². The summed E-state index contributed by atoms with van der Waals surface area (Å²) < 4.78 is 0. The molecule has 0 unspecified atom stereocenters. The van der Waals surface area contributed by atoms with Gasteiger partial charge < -0.3 is 0 Å². The molecule has 0 amide bonds. The van der Waals surface area contributed by atoms with Crippen LogP contribution in [0.5, 0.6) is 0 Å². The molecule has 0 aliphatic carbocycles. The van der Waals surface area contributed by atoms with Gasteiger partial charge in [-0.1, -0.05) is 0 Å². The van der Waals surface area contributed by atoms with E-state index in [1.165, 1.54) is 55.5 Å². The maximum atomic E-state index is 4.94. The normalized spacial score (nSPS) is 10.4. The second kappa shape index (κ2) is 31.5. The molecule has 0 saturated heterocycles. The Morgan fingerprint density at radius 3 is 0.480 bits per heavy atom. The average Bonchev–Trinajstić information content (AvgIpc) is 2.60. The Morgan fingerprint density at radius 2 is 0.480 bits per heavy atom. The van der Waals surface area contributed by atoms with E-state index >= 15 is 0 Å². The first kappa shape index (κ1) is 35.2. The summed E-state index contributed by atoms with van der Waals surface area (Å²) in [5.41, 5.74) is 0. The van der Waals surface area contributed by atoms with Gasteiger partial charge in [0.2, 0.25) is 0 Å². The van der Waals surface area contributed by atoms with Gasteiger partial charge in [0, 0.05) is 0 Å². The van der Waals surface area contributed by atoms with Crippen LogP contribution in [-0.2, 0) is 13.0 Å². The van der Waals surface area contributed by atoms with Gasteiger partial charge in [0.25, 0.3) is 0 Å². The van der Waals surface area contributed by atoms with Crippen molar-refractivity contribution in [2.24, 2.45) is 0 Å².